The van der Waals surface area contributed by atoms with Crippen LogP contribution in [0.3, 0.4) is 0 Å². The highest BCUT2D eigenvalue weighted by Crippen LogP contribution is 2.33. The fraction of sp³-hybridized carbons (Fsp3) is 0.158. The maximum absolute atomic E-state index is 13.2. The number of aromatic nitrogens is 2. The molecule has 0 saturated carbocycles. The molecule has 0 bridgehead atoms. The van der Waals surface area contributed by atoms with Crippen LogP contribution in [0.5, 0.6) is 0 Å². The maximum atomic E-state index is 13.2. The highest BCUT2D eigenvalue weighted by molar-refractivity contribution is 7.99. The van der Waals surface area contributed by atoms with Crippen molar-refractivity contribution in [2.24, 2.45) is 0 Å². The van der Waals surface area contributed by atoms with E-state index in [0.29, 0.717) is 4.88 Å². The van der Waals surface area contributed by atoms with Crippen LogP contribution in [0, 0.1) is 0 Å². The van der Waals surface area contributed by atoms with Crippen LogP contribution in [-0.2, 0) is 15.7 Å². The Kier molecular flexibility index (Phi) is 6.73. The minimum Gasteiger partial charge on any atom is -0.465 e. The van der Waals surface area contributed by atoms with E-state index in [1.54, 1.807) is 29.6 Å². The lowest BCUT2D eigenvalue weighted by molar-refractivity contribution is -0.141. The van der Waals surface area contributed by atoms with Gasteiger partial charge in [0.1, 0.15) is 5.69 Å². The molecule has 0 saturated heterocycles. The Morgan fingerprint density at radius 2 is 1.93 bits per heavy atom. The Bertz CT molecular complexity index is 1060. The van der Waals surface area contributed by atoms with Crippen LogP contribution >= 0.6 is 23.1 Å². The number of carbonyl (C=O) groups excluding carboxylic acids is 2. The number of halogens is 3. The Morgan fingerprint density at radius 1 is 1.17 bits per heavy atom. The monoisotopic (exact) mass is 453 g/mol. The van der Waals surface area contributed by atoms with Crippen molar-refractivity contribution in [2.45, 2.75) is 11.3 Å². The molecular formula is C19H14F3N3O3S2. The lowest BCUT2D eigenvalue weighted by Gasteiger charge is -2.11. The molecule has 0 atom stereocenters. The Balaban J connectivity index is 1.76. The molecule has 30 heavy (non-hydrogen) atoms. The number of para-hydroxylation sites is 1. The van der Waals surface area contributed by atoms with Crippen molar-refractivity contribution in [2.75, 3.05) is 18.2 Å². The average Bonchev–Trinajstić information content (AvgIpc) is 3.26. The van der Waals surface area contributed by atoms with Crippen molar-refractivity contribution in [1.29, 1.82) is 0 Å². The number of nitrogens with one attached hydrogen (secondary N) is 1. The third kappa shape index (κ3) is 5.36. The lowest BCUT2D eigenvalue weighted by atomic mass is 10.2. The minimum absolute atomic E-state index is 0.131. The molecular weight excluding hydrogens is 439 g/mol. The zero-order chi connectivity index (χ0) is 21.7. The van der Waals surface area contributed by atoms with Gasteiger partial charge in [0.25, 0.3) is 0 Å². The molecule has 0 spiro atoms. The van der Waals surface area contributed by atoms with E-state index in [1.165, 1.54) is 30.6 Å². The second-order valence-electron chi connectivity index (χ2n) is 5.77. The van der Waals surface area contributed by atoms with Gasteiger partial charge in [-0.05, 0) is 29.6 Å². The Labute approximate surface area is 177 Å². The summed E-state index contributed by atoms with van der Waals surface area (Å²) in [5.41, 5.74) is -0.557. The first-order valence-corrected chi connectivity index (χ1v) is 10.2. The highest BCUT2D eigenvalue weighted by Gasteiger charge is 2.34. The summed E-state index contributed by atoms with van der Waals surface area (Å²) < 4.78 is 44.3. The maximum Gasteiger partial charge on any atom is 0.433 e. The molecule has 3 rings (SSSR count). The molecule has 0 radical (unpaired) electrons. The normalized spacial score (nSPS) is 11.2. The zero-order valence-corrected chi connectivity index (χ0v) is 17.0. The number of hydrogen-bond acceptors (Lipinski definition) is 7. The number of rotatable bonds is 6. The van der Waals surface area contributed by atoms with E-state index in [4.69, 9.17) is 0 Å². The van der Waals surface area contributed by atoms with Gasteiger partial charge in [-0.3, -0.25) is 4.79 Å². The molecule has 1 N–H and O–H groups in total. The third-order valence-corrected chi connectivity index (χ3v) is 5.45. The Morgan fingerprint density at radius 3 is 2.60 bits per heavy atom. The largest absolute Gasteiger partial charge is 0.465 e. The quantitative estimate of drug-likeness (QED) is 0.330. The van der Waals surface area contributed by atoms with E-state index in [9.17, 15) is 22.8 Å². The van der Waals surface area contributed by atoms with E-state index >= 15 is 0 Å². The molecule has 156 valence electrons. The van der Waals surface area contributed by atoms with Gasteiger partial charge in [-0.15, -0.1) is 11.3 Å². The fourth-order valence-electron chi connectivity index (χ4n) is 2.38. The van der Waals surface area contributed by atoms with Crippen molar-refractivity contribution in [3.05, 3.63) is 59.1 Å². The summed E-state index contributed by atoms with van der Waals surface area (Å²) in [6.45, 7) is 0. The van der Waals surface area contributed by atoms with Crippen molar-refractivity contribution >= 4 is 40.7 Å². The second-order valence-corrected chi connectivity index (χ2v) is 7.66. The molecule has 11 heteroatoms. The summed E-state index contributed by atoms with van der Waals surface area (Å²) in [5, 5.41) is 4.10. The van der Waals surface area contributed by atoms with Crippen LogP contribution in [-0.4, -0.2) is 34.7 Å². The molecule has 0 aliphatic rings. The highest BCUT2D eigenvalue weighted by atomic mass is 32.2. The molecule has 2 aromatic heterocycles. The topological polar surface area (TPSA) is 81.2 Å². The molecule has 0 aliphatic carbocycles. The van der Waals surface area contributed by atoms with E-state index in [2.05, 4.69) is 20.0 Å². The van der Waals surface area contributed by atoms with Crippen LogP contribution in [0.25, 0.3) is 10.6 Å². The minimum atomic E-state index is -4.65. The average molecular weight is 453 g/mol. The number of alkyl halides is 3. The van der Waals surface area contributed by atoms with Crippen LogP contribution in [0.15, 0.2) is 53.0 Å². The van der Waals surface area contributed by atoms with Gasteiger partial charge in [0.05, 0.1) is 34.7 Å². The number of nitrogens with zero attached hydrogens (tertiary/aromatic N) is 2. The van der Waals surface area contributed by atoms with E-state index in [0.717, 1.165) is 17.8 Å². The molecule has 2 heterocycles. The first-order chi connectivity index (χ1) is 14.3. The number of esters is 1. The lowest BCUT2D eigenvalue weighted by Crippen LogP contribution is -2.17. The molecule has 6 nitrogen and oxygen atoms in total. The summed E-state index contributed by atoms with van der Waals surface area (Å²) in [6, 6.07) is 10.5. The van der Waals surface area contributed by atoms with E-state index in [-0.39, 0.29) is 27.9 Å². The predicted molar refractivity (Wildman–Crippen MR) is 107 cm³/mol. The molecule has 0 aliphatic heterocycles. The standard InChI is InChI=1S/C19H14F3N3O3S2/c1-28-17(27)11-5-2-3-6-12(11)23-16(26)10-30-18-24-13(14-7-4-8-29-14)9-15(25-18)19(20,21)22/h2-9H,10H2,1H3,(H,23,26). The van der Waals surface area contributed by atoms with Crippen LogP contribution in [0.1, 0.15) is 16.1 Å². The SMILES string of the molecule is COC(=O)c1ccccc1NC(=O)CSc1nc(-c2cccs2)cc(C(F)(F)F)n1. The first-order valence-electron chi connectivity index (χ1n) is 8.38. The van der Waals surface area contributed by atoms with Crippen molar-refractivity contribution in [3.8, 4) is 10.6 Å². The van der Waals surface area contributed by atoms with Crippen molar-refractivity contribution < 1.29 is 27.5 Å². The number of thiophene rings is 1. The fourth-order valence-corrected chi connectivity index (χ4v) is 3.73. The molecule has 1 amide bonds. The van der Waals surface area contributed by atoms with Crippen molar-refractivity contribution in [1.82, 2.24) is 9.97 Å². The Hall–Kier alpha value is -2.92. The van der Waals surface area contributed by atoms with Gasteiger partial charge in [-0.2, -0.15) is 13.2 Å². The summed E-state index contributed by atoms with van der Waals surface area (Å²) in [7, 11) is 1.22. The van der Waals surface area contributed by atoms with Crippen LogP contribution < -0.4 is 5.32 Å². The summed E-state index contributed by atoms with van der Waals surface area (Å²) >= 11 is 2.01. The van der Waals surface area contributed by atoms with Crippen LogP contribution in [0.2, 0.25) is 0 Å². The van der Waals surface area contributed by atoms with Gasteiger partial charge >= 0.3 is 12.1 Å². The van der Waals surface area contributed by atoms with Gasteiger partial charge in [0.15, 0.2) is 5.16 Å². The van der Waals surface area contributed by atoms with Gasteiger partial charge in [-0.25, -0.2) is 14.8 Å². The number of amides is 1. The number of carbonyl (C=O) groups is 2. The number of methoxy groups -OCH3 is 1. The molecule has 0 fully saturated rings. The summed E-state index contributed by atoms with van der Waals surface area (Å²) in [6.07, 6.45) is -4.65. The second kappa shape index (κ2) is 9.26. The van der Waals surface area contributed by atoms with E-state index in [1.807, 2.05) is 0 Å². The van der Waals surface area contributed by atoms with Crippen molar-refractivity contribution in [3.63, 3.8) is 0 Å². The first kappa shape index (κ1) is 21.8. The van der Waals surface area contributed by atoms with Gasteiger partial charge in [0, 0.05) is 0 Å². The van der Waals surface area contributed by atoms with E-state index < -0.39 is 23.7 Å². The van der Waals surface area contributed by atoms with Gasteiger partial charge in [0.2, 0.25) is 5.91 Å². The molecule has 3 aromatic rings. The number of thioether (sulfide) groups is 1. The molecule has 1 aromatic carbocycles. The number of anilines is 1. The smallest absolute Gasteiger partial charge is 0.433 e. The van der Waals surface area contributed by atoms with Gasteiger partial charge < -0.3 is 10.1 Å². The third-order valence-electron chi connectivity index (χ3n) is 3.71. The van der Waals surface area contributed by atoms with Crippen LogP contribution in [0.4, 0.5) is 18.9 Å². The summed E-state index contributed by atoms with van der Waals surface area (Å²) in [5.74, 6) is -1.41. The van der Waals surface area contributed by atoms with Gasteiger partial charge in [-0.1, -0.05) is 30.0 Å². The zero-order valence-electron chi connectivity index (χ0n) is 15.4. The predicted octanol–water partition coefficient (Wildman–Crippen LogP) is 4.74. The summed E-state index contributed by atoms with van der Waals surface area (Å²) in [4.78, 5) is 32.3. The number of hydrogen-bond donors (Lipinski definition) is 1. The number of benzene rings is 1. The molecule has 0 unspecified atom stereocenters. The number of ether oxygens (including phenoxy) is 1.